The van der Waals surface area contributed by atoms with Crippen LogP contribution in [-0.4, -0.2) is 110 Å². The van der Waals surface area contributed by atoms with Gasteiger partial charge in [0, 0.05) is 0 Å². The lowest BCUT2D eigenvalue weighted by Gasteiger charge is -2.40. The third kappa shape index (κ3) is 27.7. The van der Waals surface area contributed by atoms with Crippen molar-refractivity contribution >= 4 is 5.91 Å². The standard InChI is InChI=1S/C48H95NO10/c1-4-6-7-8-9-10-11-12-13-14-15-16-17-18-19-20-21-26-29-32-35-41(52)47(57)49-39(37-58-48-46(56)45(55)44(54)42(36-50)59-48)43(53)40(51)34-31-28-25-23-22-24-27-30-33-38(3)5-2/h38-46,48,50-56H,4-37H2,1-3H3,(H,49,57)/t38?,39-,40+,41+,42+,43-,44+,45-,46+,48+/m0/s1. The van der Waals surface area contributed by atoms with Gasteiger partial charge in [0.2, 0.25) is 5.91 Å². The second-order valence-electron chi connectivity index (χ2n) is 18.1. The van der Waals surface area contributed by atoms with Gasteiger partial charge in [-0.1, -0.05) is 213 Å². The molecule has 1 amide bonds. The third-order valence-electron chi connectivity index (χ3n) is 12.7. The predicted molar refractivity (Wildman–Crippen MR) is 238 cm³/mol. The van der Waals surface area contributed by atoms with Crippen LogP contribution in [0.15, 0.2) is 0 Å². The molecule has 1 aliphatic heterocycles. The second kappa shape index (κ2) is 37.6. The summed E-state index contributed by atoms with van der Waals surface area (Å²) in [5.41, 5.74) is 0. The fourth-order valence-electron chi connectivity index (χ4n) is 8.18. The van der Waals surface area contributed by atoms with Gasteiger partial charge < -0.3 is 50.5 Å². The van der Waals surface area contributed by atoms with Crippen LogP contribution in [0, 0.1) is 5.92 Å². The number of hydrogen-bond donors (Lipinski definition) is 8. The van der Waals surface area contributed by atoms with E-state index >= 15 is 0 Å². The number of carbonyl (C=O) groups excluding carboxylic acids is 1. The largest absolute Gasteiger partial charge is 0.394 e. The van der Waals surface area contributed by atoms with Crippen molar-refractivity contribution in [2.24, 2.45) is 5.92 Å². The summed E-state index contributed by atoms with van der Waals surface area (Å²) in [6.45, 7) is 5.77. The van der Waals surface area contributed by atoms with Crippen LogP contribution >= 0.6 is 0 Å². The van der Waals surface area contributed by atoms with Gasteiger partial charge in [-0.2, -0.15) is 0 Å². The van der Waals surface area contributed by atoms with Crippen molar-refractivity contribution in [2.45, 2.75) is 281 Å². The Morgan fingerprint density at radius 3 is 1.41 bits per heavy atom. The smallest absolute Gasteiger partial charge is 0.249 e. The quantitative estimate of drug-likeness (QED) is 0.0277. The SMILES string of the molecule is CCCCCCCCCCCCCCCCCCCCCC[C@@H](O)C(=O)N[C@@H](CO[C@@H]1O[C@H](CO)[C@@H](O)[C@H](O)[C@H]1O)[C@H](O)[C@H](O)CCCCCCCCCCC(C)CC. The lowest BCUT2D eigenvalue weighted by Crippen LogP contribution is -2.60. The molecule has 1 unspecified atom stereocenters. The van der Waals surface area contributed by atoms with Crippen molar-refractivity contribution in [3.63, 3.8) is 0 Å². The number of amides is 1. The number of aliphatic hydroxyl groups excluding tert-OH is 7. The molecule has 11 nitrogen and oxygen atoms in total. The van der Waals surface area contributed by atoms with E-state index in [1.54, 1.807) is 0 Å². The molecule has 10 atom stereocenters. The molecule has 0 saturated carbocycles. The average Bonchev–Trinajstić information content (AvgIpc) is 3.24. The number of unbranched alkanes of at least 4 members (excludes halogenated alkanes) is 26. The van der Waals surface area contributed by atoms with Crippen LogP contribution in [0.4, 0.5) is 0 Å². The van der Waals surface area contributed by atoms with Crippen LogP contribution in [0.5, 0.6) is 0 Å². The maximum absolute atomic E-state index is 13.1. The molecule has 1 rings (SSSR count). The van der Waals surface area contributed by atoms with Crippen LogP contribution < -0.4 is 5.32 Å². The minimum atomic E-state index is -1.66. The second-order valence-corrected chi connectivity index (χ2v) is 18.1. The summed E-state index contributed by atoms with van der Waals surface area (Å²) in [5, 5.41) is 75.7. The molecule has 59 heavy (non-hydrogen) atoms. The van der Waals surface area contributed by atoms with Gasteiger partial charge >= 0.3 is 0 Å². The first-order valence-corrected chi connectivity index (χ1v) is 24.8. The fourth-order valence-corrected chi connectivity index (χ4v) is 8.18. The zero-order valence-corrected chi connectivity index (χ0v) is 38.2. The Bertz CT molecular complexity index is 943. The molecule has 0 bridgehead atoms. The van der Waals surface area contributed by atoms with Gasteiger partial charge in [-0.25, -0.2) is 0 Å². The molecule has 352 valence electrons. The first-order chi connectivity index (χ1) is 28.6. The molecule has 1 fully saturated rings. The lowest BCUT2D eigenvalue weighted by atomic mass is 9.98. The van der Waals surface area contributed by atoms with Gasteiger partial charge in [-0.15, -0.1) is 0 Å². The summed E-state index contributed by atoms with van der Waals surface area (Å²) in [6, 6.07) is -1.16. The minimum Gasteiger partial charge on any atom is -0.394 e. The number of ether oxygens (including phenoxy) is 2. The Hall–Kier alpha value is -0.890. The Kier molecular flexibility index (Phi) is 35.8. The maximum atomic E-state index is 13.1. The molecule has 0 aromatic carbocycles. The molecule has 0 aliphatic carbocycles. The highest BCUT2D eigenvalue weighted by atomic mass is 16.7. The molecular weight excluding hydrogens is 751 g/mol. The fraction of sp³-hybridized carbons (Fsp3) is 0.979. The summed E-state index contributed by atoms with van der Waals surface area (Å²) in [7, 11) is 0. The van der Waals surface area contributed by atoms with Crippen molar-refractivity contribution < 1.29 is 50.0 Å². The van der Waals surface area contributed by atoms with Crippen molar-refractivity contribution in [3.8, 4) is 0 Å². The van der Waals surface area contributed by atoms with Gasteiger partial charge in [0.05, 0.1) is 25.4 Å². The van der Waals surface area contributed by atoms with Crippen LogP contribution in [0.25, 0.3) is 0 Å². The molecule has 11 heteroatoms. The van der Waals surface area contributed by atoms with E-state index in [0.717, 1.165) is 44.4 Å². The van der Waals surface area contributed by atoms with Gasteiger partial charge in [0.1, 0.15) is 36.6 Å². The topological polar surface area (TPSA) is 189 Å². The van der Waals surface area contributed by atoms with E-state index < -0.39 is 74.2 Å². The van der Waals surface area contributed by atoms with Crippen molar-refractivity contribution in [2.75, 3.05) is 13.2 Å². The summed E-state index contributed by atoms with van der Waals surface area (Å²) < 4.78 is 11.1. The molecule has 0 aromatic rings. The number of rotatable bonds is 41. The van der Waals surface area contributed by atoms with Crippen LogP contribution in [0.2, 0.25) is 0 Å². The molecule has 1 saturated heterocycles. The Morgan fingerprint density at radius 1 is 0.576 bits per heavy atom. The number of carbonyl (C=O) groups is 1. The Balaban J connectivity index is 2.37. The van der Waals surface area contributed by atoms with E-state index in [1.165, 1.54) is 141 Å². The maximum Gasteiger partial charge on any atom is 0.249 e. The zero-order chi connectivity index (χ0) is 43.5. The molecule has 1 aliphatic rings. The van der Waals surface area contributed by atoms with Crippen molar-refractivity contribution in [3.05, 3.63) is 0 Å². The van der Waals surface area contributed by atoms with Gasteiger partial charge in [-0.05, 0) is 18.8 Å². The highest BCUT2D eigenvalue weighted by Crippen LogP contribution is 2.23. The first kappa shape index (κ1) is 56.1. The number of aliphatic hydroxyl groups is 7. The molecule has 0 aromatic heterocycles. The summed E-state index contributed by atoms with van der Waals surface area (Å²) >= 11 is 0. The summed E-state index contributed by atoms with van der Waals surface area (Å²) in [6.07, 6.45) is 25.9. The van der Waals surface area contributed by atoms with Gasteiger partial charge in [0.25, 0.3) is 0 Å². The predicted octanol–water partition coefficient (Wildman–Crippen LogP) is 8.53. The lowest BCUT2D eigenvalue weighted by molar-refractivity contribution is -0.303. The Labute approximate surface area is 360 Å². The van der Waals surface area contributed by atoms with E-state index in [1.807, 2.05) is 0 Å². The first-order valence-electron chi connectivity index (χ1n) is 24.8. The molecule has 0 spiro atoms. The van der Waals surface area contributed by atoms with E-state index in [4.69, 9.17) is 9.47 Å². The molecular formula is C48H95NO10. The molecule has 1 heterocycles. The van der Waals surface area contributed by atoms with Crippen LogP contribution in [0.3, 0.4) is 0 Å². The van der Waals surface area contributed by atoms with Gasteiger partial charge in [0.15, 0.2) is 6.29 Å². The molecule has 8 N–H and O–H groups in total. The summed E-state index contributed by atoms with van der Waals surface area (Å²) in [5.74, 6) is 0.104. The van der Waals surface area contributed by atoms with E-state index in [9.17, 15) is 40.5 Å². The number of nitrogens with one attached hydrogen (secondary N) is 1. The number of hydrogen-bond acceptors (Lipinski definition) is 10. The minimum absolute atomic E-state index is 0.265. The highest BCUT2D eigenvalue weighted by Gasteiger charge is 2.44. The third-order valence-corrected chi connectivity index (χ3v) is 12.7. The van der Waals surface area contributed by atoms with E-state index in [0.29, 0.717) is 19.3 Å². The Morgan fingerprint density at radius 2 is 0.983 bits per heavy atom. The summed E-state index contributed by atoms with van der Waals surface area (Å²) in [4.78, 5) is 13.1. The van der Waals surface area contributed by atoms with Crippen molar-refractivity contribution in [1.29, 1.82) is 0 Å². The van der Waals surface area contributed by atoms with E-state index in [2.05, 4.69) is 26.1 Å². The normalized spacial score (nSPS) is 22.2. The van der Waals surface area contributed by atoms with Crippen LogP contribution in [-0.2, 0) is 14.3 Å². The van der Waals surface area contributed by atoms with E-state index in [-0.39, 0.29) is 6.42 Å². The van der Waals surface area contributed by atoms with Crippen molar-refractivity contribution in [1.82, 2.24) is 5.32 Å². The highest BCUT2D eigenvalue weighted by molar-refractivity contribution is 5.80. The van der Waals surface area contributed by atoms with Gasteiger partial charge in [-0.3, -0.25) is 4.79 Å². The average molecular weight is 846 g/mol. The monoisotopic (exact) mass is 846 g/mol. The van der Waals surface area contributed by atoms with Crippen LogP contribution in [0.1, 0.15) is 226 Å². The zero-order valence-electron chi connectivity index (χ0n) is 38.2. The molecule has 0 radical (unpaired) electrons.